The first-order valence-electron chi connectivity index (χ1n) is 8.55. The topological polar surface area (TPSA) is 15.6 Å². The summed E-state index contributed by atoms with van der Waals surface area (Å²) in [5, 5.41) is 6.69. The van der Waals surface area contributed by atoms with Crippen LogP contribution in [0.1, 0.15) is 5.56 Å². The molecule has 4 rings (SSSR count). The summed E-state index contributed by atoms with van der Waals surface area (Å²) in [6, 6.07) is 25.5. The summed E-state index contributed by atoms with van der Waals surface area (Å²) in [4.78, 5) is 0. The van der Waals surface area contributed by atoms with E-state index in [0.717, 1.165) is 6.54 Å². The molecule has 0 aromatic heterocycles. The fraction of sp³-hybridized carbons (Fsp3) is 0.0870. The Balaban J connectivity index is 1.92. The summed E-state index contributed by atoms with van der Waals surface area (Å²) in [5.74, 6) is 0. The van der Waals surface area contributed by atoms with Crippen LogP contribution in [0.5, 0.6) is 0 Å². The van der Waals surface area contributed by atoms with Gasteiger partial charge in [0.05, 0.1) is 12.2 Å². The van der Waals surface area contributed by atoms with Gasteiger partial charge in [0.1, 0.15) is 0 Å². The van der Waals surface area contributed by atoms with Gasteiger partial charge in [-0.2, -0.15) is 5.10 Å². The molecule has 1 aliphatic rings. The molecule has 0 aliphatic carbocycles. The predicted molar refractivity (Wildman–Crippen MR) is 107 cm³/mol. The smallest absolute Gasteiger partial charge is 0.0711 e. The number of rotatable bonds is 3. The molecular weight excluding hydrogens is 304 g/mol. The monoisotopic (exact) mass is 324 g/mol. The van der Waals surface area contributed by atoms with Crippen LogP contribution in [0.3, 0.4) is 0 Å². The maximum atomic E-state index is 4.60. The lowest BCUT2D eigenvalue weighted by atomic mass is 9.93. The Bertz CT molecular complexity index is 925. The van der Waals surface area contributed by atoms with Crippen molar-refractivity contribution >= 4 is 11.9 Å². The van der Waals surface area contributed by atoms with Crippen molar-refractivity contribution in [3.05, 3.63) is 90.5 Å². The molecule has 3 aromatic rings. The van der Waals surface area contributed by atoms with Crippen LogP contribution in [0.2, 0.25) is 0 Å². The number of hydrogen-bond acceptors (Lipinski definition) is 2. The fourth-order valence-electron chi connectivity index (χ4n) is 3.35. The van der Waals surface area contributed by atoms with E-state index in [1.54, 1.807) is 0 Å². The van der Waals surface area contributed by atoms with Gasteiger partial charge in [-0.25, -0.2) is 0 Å². The molecule has 2 nitrogen and oxygen atoms in total. The van der Waals surface area contributed by atoms with Crippen molar-refractivity contribution in [3.8, 4) is 22.3 Å². The van der Waals surface area contributed by atoms with Gasteiger partial charge in [-0.1, -0.05) is 78.9 Å². The minimum absolute atomic E-state index is 0.787. The molecular formula is C23H20N2. The van der Waals surface area contributed by atoms with Crippen molar-refractivity contribution in [2.45, 2.75) is 6.92 Å². The van der Waals surface area contributed by atoms with Crippen molar-refractivity contribution < 1.29 is 0 Å². The van der Waals surface area contributed by atoms with Crippen LogP contribution < -0.4 is 5.01 Å². The molecule has 0 spiro atoms. The van der Waals surface area contributed by atoms with E-state index < -0.39 is 0 Å². The van der Waals surface area contributed by atoms with E-state index in [9.17, 15) is 0 Å². The SMILES string of the molecule is Cc1c(-c2ccccc2)ccc(-c2ccccc2)c1N1CC=CC=N1. The number of hydrazone groups is 1. The first-order valence-corrected chi connectivity index (χ1v) is 8.55. The third-order valence-electron chi connectivity index (χ3n) is 4.57. The minimum atomic E-state index is 0.787. The largest absolute Gasteiger partial charge is 0.261 e. The molecule has 0 saturated heterocycles. The molecule has 1 heterocycles. The average Bonchev–Trinajstić information content (AvgIpc) is 2.70. The molecule has 0 fully saturated rings. The van der Waals surface area contributed by atoms with Crippen LogP contribution in [0.15, 0.2) is 90.0 Å². The van der Waals surface area contributed by atoms with Crippen LogP contribution in [0, 0.1) is 6.92 Å². The first kappa shape index (κ1) is 15.4. The maximum absolute atomic E-state index is 4.60. The Labute approximate surface area is 148 Å². The standard InChI is InChI=1S/C23H20N2/c1-18-21(19-10-4-2-5-11-19)14-15-22(20-12-6-3-7-13-20)23(18)25-17-9-8-16-24-25/h2-16H,17H2,1H3. The lowest BCUT2D eigenvalue weighted by Gasteiger charge is -2.26. The molecule has 2 heteroatoms. The third-order valence-corrected chi connectivity index (χ3v) is 4.57. The molecule has 0 radical (unpaired) electrons. The van der Waals surface area contributed by atoms with Crippen LogP contribution in [-0.4, -0.2) is 12.8 Å². The van der Waals surface area contributed by atoms with Gasteiger partial charge in [0, 0.05) is 11.8 Å². The van der Waals surface area contributed by atoms with Gasteiger partial charge < -0.3 is 0 Å². The molecule has 122 valence electrons. The van der Waals surface area contributed by atoms with Gasteiger partial charge in [0.15, 0.2) is 0 Å². The van der Waals surface area contributed by atoms with Gasteiger partial charge >= 0.3 is 0 Å². The number of allylic oxidation sites excluding steroid dienone is 1. The normalized spacial score (nSPS) is 13.2. The molecule has 3 aromatic carbocycles. The van der Waals surface area contributed by atoms with Crippen molar-refractivity contribution in [2.75, 3.05) is 11.6 Å². The molecule has 0 amide bonds. The van der Waals surface area contributed by atoms with Crippen LogP contribution in [-0.2, 0) is 0 Å². The van der Waals surface area contributed by atoms with Gasteiger partial charge in [0.25, 0.3) is 0 Å². The van der Waals surface area contributed by atoms with Crippen molar-refractivity contribution in [2.24, 2.45) is 5.10 Å². The highest BCUT2D eigenvalue weighted by Gasteiger charge is 2.18. The summed E-state index contributed by atoms with van der Waals surface area (Å²) in [5.41, 5.74) is 7.33. The maximum Gasteiger partial charge on any atom is 0.0711 e. The summed E-state index contributed by atoms with van der Waals surface area (Å²) in [6.45, 7) is 2.98. The number of anilines is 1. The summed E-state index contributed by atoms with van der Waals surface area (Å²) < 4.78 is 0. The van der Waals surface area contributed by atoms with E-state index in [4.69, 9.17) is 0 Å². The Morgan fingerprint density at radius 3 is 1.96 bits per heavy atom. The minimum Gasteiger partial charge on any atom is -0.261 e. The Hall–Kier alpha value is -3.13. The predicted octanol–water partition coefficient (Wildman–Crippen LogP) is 5.69. The van der Waals surface area contributed by atoms with E-state index >= 15 is 0 Å². The highest BCUT2D eigenvalue weighted by atomic mass is 15.5. The van der Waals surface area contributed by atoms with Crippen LogP contribution >= 0.6 is 0 Å². The van der Waals surface area contributed by atoms with E-state index in [-0.39, 0.29) is 0 Å². The van der Waals surface area contributed by atoms with Crippen LogP contribution in [0.25, 0.3) is 22.3 Å². The van der Waals surface area contributed by atoms with Crippen molar-refractivity contribution in [3.63, 3.8) is 0 Å². The molecule has 25 heavy (non-hydrogen) atoms. The number of hydrogen-bond donors (Lipinski definition) is 0. The van der Waals surface area contributed by atoms with E-state index in [2.05, 4.69) is 95.9 Å². The molecule has 0 N–H and O–H groups in total. The van der Waals surface area contributed by atoms with Gasteiger partial charge in [-0.05, 0) is 35.3 Å². The van der Waals surface area contributed by atoms with Gasteiger partial charge in [-0.15, -0.1) is 0 Å². The quantitative estimate of drug-likeness (QED) is 0.604. The van der Waals surface area contributed by atoms with Gasteiger partial charge in [0.2, 0.25) is 0 Å². The zero-order chi connectivity index (χ0) is 17.1. The molecule has 0 unspecified atom stereocenters. The second-order valence-electron chi connectivity index (χ2n) is 6.14. The second kappa shape index (κ2) is 6.78. The summed E-state index contributed by atoms with van der Waals surface area (Å²) in [7, 11) is 0. The Morgan fingerprint density at radius 1 is 0.760 bits per heavy atom. The molecule has 0 bridgehead atoms. The average molecular weight is 324 g/mol. The first-order chi connectivity index (χ1) is 12.3. The highest BCUT2D eigenvalue weighted by molar-refractivity contribution is 5.88. The third kappa shape index (κ3) is 2.99. The summed E-state index contributed by atoms with van der Waals surface area (Å²) in [6.07, 6.45) is 5.98. The van der Waals surface area contributed by atoms with Crippen molar-refractivity contribution in [1.29, 1.82) is 0 Å². The van der Waals surface area contributed by atoms with E-state index in [1.807, 2.05) is 12.3 Å². The lowest BCUT2D eigenvalue weighted by Crippen LogP contribution is -2.20. The number of nitrogens with zero attached hydrogens (tertiary/aromatic N) is 2. The fourth-order valence-corrected chi connectivity index (χ4v) is 3.35. The van der Waals surface area contributed by atoms with E-state index in [0.29, 0.717) is 0 Å². The highest BCUT2D eigenvalue weighted by Crippen LogP contribution is 2.39. The molecule has 0 saturated carbocycles. The van der Waals surface area contributed by atoms with Crippen molar-refractivity contribution in [1.82, 2.24) is 0 Å². The Kier molecular flexibility index (Phi) is 4.17. The van der Waals surface area contributed by atoms with Gasteiger partial charge in [-0.3, -0.25) is 5.01 Å². The lowest BCUT2D eigenvalue weighted by molar-refractivity contribution is 0.932. The second-order valence-corrected chi connectivity index (χ2v) is 6.14. The Morgan fingerprint density at radius 2 is 1.36 bits per heavy atom. The number of benzene rings is 3. The molecule has 0 atom stereocenters. The van der Waals surface area contributed by atoms with E-state index in [1.165, 1.54) is 33.5 Å². The molecule has 1 aliphatic heterocycles. The zero-order valence-corrected chi connectivity index (χ0v) is 14.3. The van der Waals surface area contributed by atoms with Crippen LogP contribution in [0.4, 0.5) is 5.69 Å². The zero-order valence-electron chi connectivity index (χ0n) is 14.3. The summed E-state index contributed by atoms with van der Waals surface area (Å²) >= 11 is 0.